The molecule has 1 amide bonds. The van der Waals surface area contributed by atoms with Crippen LogP contribution in [0.5, 0.6) is 0 Å². The summed E-state index contributed by atoms with van der Waals surface area (Å²) >= 11 is 0. The molecule has 96 valence electrons. The highest BCUT2D eigenvalue weighted by molar-refractivity contribution is 5.67. The molecule has 0 unspecified atom stereocenters. The van der Waals surface area contributed by atoms with Crippen molar-refractivity contribution in [2.24, 2.45) is 5.41 Å². The van der Waals surface area contributed by atoms with Crippen LogP contribution in [0, 0.1) is 5.41 Å². The predicted molar refractivity (Wildman–Crippen MR) is 64.5 cm³/mol. The van der Waals surface area contributed by atoms with E-state index in [0.29, 0.717) is 19.8 Å². The normalized spacial score (nSPS) is 12.4. The van der Waals surface area contributed by atoms with Crippen molar-refractivity contribution in [3.63, 3.8) is 0 Å². The first kappa shape index (κ1) is 15.2. The average molecular weight is 231 g/mol. The van der Waals surface area contributed by atoms with Crippen LogP contribution in [-0.4, -0.2) is 31.5 Å². The minimum absolute atomic E-state index is 0.159. The Labute approximate surface area is 98.7 Å². The Kier molecular flexibility index (Phi) is 5.79. The van der Waals surface area contributed by atoms with Gasteiger partial charge in [-0.2, -0.15) is 0 Å². The number of rotatable bonds is 4. The van der Waals surface area contributed by atoms with Crippen LogP contribution in [0.3, 0.4) is 0 Å². The number of amides is 1. The van der Waals surface area contributed by atoms with E-state index in [-0.39, 0.29) is 5.41 Å². The van der Waals surface area contributed by atoms with Gasteiger partial charge in [-0.25, -0.2) is 4.79 Å². The van der Waals surface area contributed by atoms with Crippen molar-refractivity contribution >= 4 is 6.09 Å². The maximum absolute atomic E-state index is 11.2. The minimum atomic E-state index is -0.448. The zero-order chi connectivity index (χ0) is 12.8. The Balaban J connectivity index is 3.50. The Morgan fingerprint density at radius 2 is 1.69 bits per heavy atom. The van der Waals surface area contributed by atoms with Crippen molar-refractivity contribution in [3.8, 4) is 0 Å². The average Bonchev–Trinajstić information content (AvgIpc) is 1.97. The summed E-state index contributed by atoms with van der Waals surface area (Å²) in [6.07, 6.45) is -0.396. The van der Waals surface area contributed by atoms with Crippen molar-refractivity contribution in [1.82, 2.24) is 5.32 Å². The van der Waals surface area contributed by atoms with Gasteiger partial charge in [-0.3, -0.25) is 0 Å². The molecule has 0 aliphatic heterocycles. The molecule has 0 rings (SSSR count). The lowest BCUT2D eigenvalue weighted by Gasteiger charge is -2.20. The number of ether oxygens (including phenoxy) is 2. The highest BCUT2D eigenvalue weighted by atomic mass is 16.6. The smallest absolute Gasteiger partial charge is 0.407 e. The Morgan fingerprint density at radius 1 is 1.12 bits per heavy atom. The Bertz CT molecular complexity index is 213. The van der Waals surface area contributed by atoms with Crippen molar-refractivity contribution in [2.45, 2.75) is 47.1 Å². The molecular formula is C12H25NO3. The molecule has 0 bridgehead atoms. The van der Waals surface area contributed by atoms with E-state index in [4.69, 9.17) is 9.47 Å². The fourth-order valence-corrected chi connectivity index (χ4v) is 0.918. The lowest BCUT2D eigenvalue weighted by molar-refractivity contribution is 0.0455. The van der Waals surface area contributed by atoms with Gasteiger partial charge in [0.05, 0.1) is 13.2 Å². The van der Waals surface area contributed by atoms with Crippen LogP contribution < -0.4 is 5.32 Å². The summed E-state index contributed by atoms with van der Waals surface area (Å²) in [6.45, 7) is 13.5. The molecule has 0 heterocycles. The topological polar surface area (TPSA) is 47.6 Å². The summed E-state index contributed by atoms with van der Waals surface area (Å²) in [5.74, 6) is 0. The summed E-state index contributed by atoms with van der Waals surface area (Å²) in [5.41, 5.74) is -0.289. The standard InChI is InChI=1S/C12H25NO3/c1-11(2,3)9-15-8-7-13-10(14)16-12(4,5)6/h7-9H2,1-6H3,(H,13,14). The van der Waals surface area contributed by atoms with Gasteiger partial charge in [-0.05, 0) is 26.2 Å². The molecule has 0 aromatic carbocycles. The van der Waals surface area contributed by atoms with Gasteiger partial charge in [0, 0.05) is 6.54 Å². The number of hydrogen-bond donors (Lipinski definition) is 1. The molecule has 0 saturated heterocycles. The molecule has 0 fully saturated rings. The van der Waals surface area contributed by atoms with E-state index >= 15 is 0 Å². The van der Waals surface area contributed by atoms with Crippen LogP contribution in [0.1, 0.15) is 41.5 Å². The third-order valence-electron chi connectivity index (χ3n) is 1.45. The Morgan fingerprint density at radius 3 is 2.12 bits per heavy atom. The van der Waals surface area contributed by atoms with E-state index in [1.165, 1.54) is 0 Å². The van der Waals surface area contributed by atoms with E-state index in [0.717, 1.165) is 0 Å². The quantitative estimate of drug-likeness (QED) is 0.756. The molecule has 0 aliphatic carbocycles. The van der Waals surface area contributed by atoms with Gasteiger partial charge >= 0.3 is 6.09 Å². The molecular weight excluding hydrogens is 206 g/mol. The fourth-order valence-electron chi connectivity index (χ4n) is 0.918. The molecule has 0 aromatic rings. The fraction of sp³-hybridized carbons (Fsp3) is 0.917. The second-order valence-corrected chi connectivity index (χ2v) is 6.04. The molecule has 0 aliphatic rings. The van der Waals surface area contributed by atoms with Gasteiger partial charge in [-0.1, -0.05) is 20.8 Å². The Hall–Kier alpha value is -0.770. The van der Waals surface area contributed by atoms with Gasteiger partial charge in [0.1, 0.15) is 5.60 Å². The van der Waals surface area contributed by atoms with Crippen molar-refractivity contribution in [3.05, 3.63) is 0 Å². The first-order valence-electron chi connectivity index (χ1n) is 5.65. The summed E-state index contributed by atoms with van der Waals surface area (Å²) in [5, 5.41) is 2.64. The second kappa shape index (κ2) is 6.09. The van der Waals surface area contributed by atoms with Gasteiger partial charge in [0.2, 0.25) is 0 Å². The number of alkyl carbamates (subject to hydrolysis) is 1. The first-order valence-corrected chi connectivity index (χ1v) is 5.65. The summed E-state index contributed by atoms with van der Waals surface area (Å²) in [7, 11) is 0. The lowest BCUT2D eigenvalue weighted by atomic mass is 9.99. The van der Waals surface area contributed by atoms with Crippen LogP contribution in [-0.2, 0) is 9.47 Å². The van der Waals surface area contributed by atoms with Crippen molar-refractivity contribution in [1.29, 1.82) is 0 Å². The first-order chi connectivity index (χ1) is 7.10. The zero-order valence-electron chi connectivity index (χ0n) is 11.3. The zero-order valence-corrected chi connectivity index (χ0v) is 11.3. The number of nitrogens with one attached hydrogen (secondary N) is 1. The van der Waals surface area contributed by atoms with Crippen LogP contribution in [0.25, 0.3) is 0 Å². The van der Waals surface area contributed by atoms with Crippen LogP contribution in [0.4, 0.5) is 4.79 Å². The van der Waals surface area contributed by atoms with E-state index in [9.17, 15) is 4.79 Å². The molecule has 16 heavy (non-hydrogen) atoms. The van der Waals surface area contributed by atoms with Crippen LogP contribution >= 0.6 is 0 Å². The van der Waals surface area contributed by atoms with E-state index < -0.39 is 11.7 Å². The van der Waals surface area contributed by atoms with Crippen molar-refractivity contribution in [2.75, 3.05) is 19.8 Å². The molecule has 0 atom stereocenters. The molecule has 4 nitrogen and oxygen atoms in total. The monoisotopic (exact) mass is 231 g/mol. The third kappa shape index (κ3) is 11.3. The summed E-state index contributed by atoms with van der Waals surface area (Å²) < 4.78 is 10.5. The maximum atomic E-state index is 11.2. The second-order valence-electron chi connectivity index (χ2n) is 6.04. The number of hydrogen-bond acceptors (Lipinski definition) is 3. The molecule has 0 radical (unpaired) electrons. The van der Waals surface area contributed by atoms with Gasteiger partial charge in [-0.15, -0.1) is 0 Å². The predicted octanol–water partition coefficient (Wildman–Crippen LogP) is 2.57. The maximum Gasteiger partial charge on any atom is 0.407 e. The van der Waals surface area contributed by atoms with Gasteiger partial charge in [0.25, 0.3) is 0 Å². The molecule has 0 saturated carbocycles. The van der Waals surface area contributed by atoms with E-state index in [1.54, 1.807) is 0 Å². The number of carbonyl (C=O) groups excluding carboxylic acids is 1. The molecule has 1 N–H and O–H groups in total. The van der Waals surface area contributed by atoms with E-state index in [2.05, 4.69) is 26.1 Å². The molecule has 0 spiro atoms. The number of carbonyl (C=O) groups is 1. The van der Waals surface area contributed by atoms with Gasteiger partial charge in [0.15, 0.2) is 0 Å². The highest BCUT2D eigenvalue weighted by Crippen LogP contribution is 2.12. The van der Waals surface area contributed by atoms with Crippen LogP contribution in [0.2, 0.25) is 0 Å². The molecule has 4 heteroatoms. The van der Waals surface area contributed by atoms with E-state index in [1.807, 2.05) is 20.8 Å². The minimum Gasteiger partial charge on any atom is -0.444 e. The largest absolute Gasteiger partial charge is 0.444 e. The summed E-state index contributed by atoms with van der Waals surface area (Å²) in [6, 6.07) is 0. The SMILES string of the molecule is CC(C)(C)COCCNC(=O)OC(C)(C)C. The highest BCUT2D eigenvalue weighted by Gasteiger charge is 2.15. The lowest BCUT2D eigenvalue weighted by Crippen LogP contribution is -2.34. The third-order valence-corrected chi connectivity index (χ3v) is 1.45. The van der Waals surface area contributed by atoms with Crippen molar-refractivity contribution < 1.29 is 14.3 Å². The molecule has 0 aromatic heterocycles. The summed E-state index contributed by atoms with van der Waals surface area (Å²) in [4.78, 5) is 11.2. The van der Waals surface area contributed by atoms with Crippen LogP contribution in [0.15, 0.2) is 0 Å². The van der Waals surface area contributed by atoms with Gasteiger partial charge < -0.3 is 14.8 Å².